The maximum atomic E-state index is 2.26. The summed E-state index contributed by atoms with van der Waals surface area (Å²) < 4.78 is 0. The molecule has 0 aromatic heterocycles. The van der Waals surface area contributed by atoms with E-state index in [0.717, 1.165) is 19.0 Å². The Morgan fingerprint density at radius 1 is 0.640 bits per heavy atom. The molecule has 0 atom stereocenters. The van der Waals surface area contributed by atoms with Crippen LogP contribution >= 0.6 is 0 Å². The standard InChI is InChI=1S/2C9H11.2C2H7Si.Ti/c2*1-2-5-9-7-3-6-8(9)4-1;2*1-3-2;/h2*3,6-7H,1-2,4-5H2;2*3H,1-2H3;/q2*-1;;;+2. The minimum Gasteiger partial charge on any atom is -0.210 e. The molecule has 0 bridgehead atoms. The Morgan fingerprint density at radius 3 is 1.28 bits per heavy atom. The smallest absolute Gasteiger partial charge is 0.210 e. The fourth-order valence-corrected chi connectivity index (χ4v) is 3.23. The van der Waals surface area contributed by atoms with Crippen LogP contribution in [0.3, 0.4) is 0 Å². The van der Waals surface area contributed by atoms with E-state index in [-0.39, 0.29) is 21.7 Å². The van der Waals surface area contributed by atoms with E-state index < -0.39 is 0 Å². The van der Waals surface area contributed by atoms with Crippen molar-refractivity contribution in [1.29, 1.82) is 0 Å². The van der Waals surface area contributed by atoms with Gasteiger partial charge in [-0.25, -0.2) is 12.1 Å². The molecule has 3 heteroatoms. The van der Waals surface area contributed by atoms with Gasteiger partial charge in [0.15, 0.2) is 0 Å². The van der Waals surface area contributed by atoms with E-state index in [0.29, 0.717) is 0 Å². The van der Waals surface area contributed by atoms with Crippen LogP contribution in [0.15, 0.2) is 36.4 Å². The van der Waals surface area contributed by atoms with Crippen molar-refractivity contribution in [3.05, 3.63) is 58.7 Å². The van der Waals surface area contributed by atoms with Crippen LogP contribution in [0.5, 0.6) is 0 Å². The van der Waals surface area contributed by atoms with Gasteiger partial charge in [0.2, 0.25) is 0 Å². The van der Waals surface area contributed by atoms with Gasteiger partial charge in [0.25, 0.3) is 0 Å². The van der Waals surface area contributed by atoms with Crippen LogP contribution in [-0.2, 0) is 47.4 Å². The second-order valence-corrected chi connectivity index (χ2v) is 9.03. The Kier molecular flexibility index (Phi) is 16.0. The van der Waals surface area contributed by atoms with Crippen molar-refractivity contribution in [2.45, 2.75) is 77.6 Å². The minimum absolute atomic E-state index is 0. The van der Waals surface area contributed by atoms with Gasteiger partial charge < -0.3 is 0 Å². The van der Waals surface area contributed by atoms with Crippen LogP contribution < -0.4 is 0 Å². The van der Waals surface area contributed by atoms with Gasteiger partial charge in [-0.2, -0.15) is 46.5 Å². The van der Waals surface area contributed by atoms with Crippen LogP contribution in [0.2, 0.25) is 26.2 Å². The van der Waals surface area contributed by atoms with Gasteiger partial charge in [-0.15, -0.1) is 0 Å². The molecule has 2 aliphatic carbocycles. The van der Waals surface area contributed by atoms with E-state index in [9.17, 15) is 0 Å². The summed E-state index contributed by atoms with van der Waals surface area (Å²) in [5, 5.41) is 0. The Morgan fingerprint density at radius 2 is 0.960 bits per heavy atom. The summed E-state index contributed by atoms with van der Waals surface area (Å²) >= 11 is 0. The molecule has 136 valence electrons. The van der Waals surface area contributed by atoms with Gasteiger partial charge in [0, 0.05) is 19.0 Å². The Hall–Kier alpha value is -0.152. The number of aryl methyl sites for hydroxylation is 4. The summed E-state index contributed by atoms with van der Waals surface area (Å²) in [6.07, 6.45) is 10.9. The van der Waals surface area contributed by atoms with E-state index in [1.165, 1.54) is 51.4 Å². The third kappa shape index (κ3) is 9.94. The van der Waals surface area contributed by atoms with Gasteiger partial charge in [-0.05, 0) is 0 Å². The van der Waals surface area contributed by atoms with Crippen LogP contribution in [0.4, 0.5) is 0 Å². The average Bonchev–Trinajstić information content (AvgIpc) is 3.26. The first-order valence-electron chi connectivity index (χ1n) is 9.71. The summed E-state index contributed by atoms with van der Waals surface area (Å²) in [5.74, 6) is 0. The van der Waals surface area contributed by atoms with Crippen molar-refractivity contribution in [2.75, 3.05) is 0 Å². The molecule has 2 aliphatic rings. The normalized spacial score (nSPS) is 13.9. The molecule has 0 aliphatic heterocycles. The number of hydrogen-bond acceptors (Lipinski definition) is 0. The van der Waals surface area contributed by atoms with Gasteiger partial charge in [-0.1, -0.05) is 77.6 Å². The predicted octanol–water partition coefficient (Wildman–Crippen LogP) is 5.60. The number of hydrogen-bond donors (Lipinski definition) is 0. The zero-order valence-electron chi connectivity index (χ0n) is 16.8. The Bertz CT molecular complexity index is 438. The zero-order chi connectivity index (χ0) is 17.6. The summed E-state index contributed by atoms with van der Waals surface area (Å²) in [6.45, 7) is 8.83. The molecule has 0 heterocycles. The van der Waals surface area contributed by atoms with Gasteiger partial charge in [-0.3, -0.25) is 0 Å². The van der Waals surface area contributed by atoms with Gasteiger partial charge >= 0.3 is 21.7 Å². The van der Waals surface area contributed by atoms with Gasteiger partial charge in [0.05, 0.1) is 0 Å². The van der Waals surface area contributed by atoms with Crippen LogP contribution in [-0.4, -0.2) is 19.0 Å². The summed E-state index contributed by atoms with van der Waals surface area (Å²) in [5.41, 5.74) is 6.39. The average molecular weight is 405 g/mol. The third-order valence-corrected chi connectivity index (χ3v) is 4.30. The van der Waals surface area contributed by atoms with Crippen molar-refractivity contribution in [3.8, 4) is 0 Å². The summed E-state index contributed by atoms with van der Waals surface area (Å²) in [6, 6.07) is 13.4. The van der Waals surface area contributed by atoms with E-state index >= 15 is 0 Å². The van der Waals surface area contributed by atoms with Crippen molar-refractivity contribution in [1.82, 2.24) is 0 Å². The Labute approximate surface area is 176 Å². The predicted molar refractivity (Wildman–Crippen MR) is 115 cm³/mol. The largest absolute Gasteiger partial charge is 2.00 e. The molecule has 2 radical (unpaired) electrons. The second kappa shape index (κ2) is 16.1. The SMILES string of the molecule is C[SiH]C.C[SiH]C.[Ti+2].c1cc2c([cH-]1)CCCC2.c1cc2c([cH-]1)CCCC2. The molecule has 0 nitrogen and oxygen atoms in total. The molecule has 0 N–H and O–H groups in total. The third-order valence-electron chi connectivity index (χ3n) is 4.30. The van der Waals surface area contributed by atoms with E-state index in [2.05, 4.69) is 62.6 Å². The molecule has 0 fully saturated rings. The van der Waals surface area contributed by atoms with Crippen LogP contribution in [0.25, 0.3) is 0 Å². The molecular weight excluding hydrogens is 368 g/mol. The molecule has 0 saturated carbocycles. The molecular formula is C22H36Si2Ti. The number of fused-ring (bicyclic) bond motifs is 2. The molecule has 0 amide bonds. The van der Waals surface area contributed by atoms with Crippen LogP contribution in [0, 0.1) is 0 Å². The molecule has 0 saturated heterocycles. The second-order valence-electron chi connectivity index (χ2n) is 6.72. The van der Waals surface area contributed by atoms with Crippen LogP contribution in [0.1, 0.15) is 47.9 Å². The fourth-order valence-electron chi connectivity index (χ4n) is 3.23. The fraction of sp³-hybridized carbons (Fsp3) is 0.545. The first-order chi connectivity index (χ1) is 11.8. The molecule has 2 aromatic rings. The van der Waals surface area contributed by atoms with Crippen molar-refractivity contribution in [2.24, 2.45) is 0 Å². The van der Waals surface area contributed by atoms with Gasteiger partial charge in [0.1, 0.15) is 0 Å². The topological polar surface area (TPSA) is 0 Å². The molecule has 25 heavy (non-hydrogen) atoms. The minimum atomic E-state index is 0. The maximum Gasteiger partial charge on any atom is 2.00 e. The molecule has 2 aromatic carbocycles. The molecule has 0 unspecified atom stereocenters. The molecule has 4 rings (SSSR count). The Balaban J connectivity index is 0.000000344. The monoisotopic (exact) mass is 404 g/mol. The number of rotatable bonds is 0. The van der Waals surface area contributed by atoms with E-state index in [1.807, 2.05) is 0 Å². The quantitative estimate of drug-likeness (QED) is 0.396. The van der Waals surface area contributed by atoms with Crippen molar-refractivity contribution >= 4 is 19.0 Å². The van der Waals surface area contributed by atoms with Crippen molar-refractivity contribution < 1.29 is 21.7 Å². The summed E-state index contributed by atoms with van der Waals surface area (Å²) in [7, 11) is 1.50. The first kappa shape index (κ1) is 24.8. The maximum absolute atomic E-state index is 2.26. The summed E-state index contributed by atoms with van der Waals surface area (Å²) in [4.78, 5) is 0. The molecule has 0 spiro atoms. The first-order valence-corrected chi connectivity index (χ1v) is 14.3. The van der Waals surface area contributed by atoms with Crippen molar-refractivity contribution in [3.63, 3.8) is 0 Å². The van der Waals surface area contributed by atoms with E-state index in [4.69, 9.17) is 0 Å². The zero-order valence-corrected chi connectivity index (χ0v) is 20.6. The van der Waals surface area contributed by atoms with E-state index in [1.54, 1.807) is 22.3 Å².